The number of hydrogen-bond acceptors (Lipinski definition) is 8. The van der Waals surface area contributed by atoms with Gasteiger partial charge < -0.3 is 20.5 Å². The second-order valence-corrected chi connectivity index (χ2v) is 8.10. The van der Waals surface area contributed by atoms with Crippen molar-refractivity contribution in [1.82, 2.24) is 9.97 Å². The lowest BCUT2D eigenvalue weighted by molar-refractivity contribution is -0.128. The van der Waals surface area contributed by atoms with Crippen LogP contribution in [-0.2, 0) is 10.3 Å². The molecule has 0 radical (unpaired) electrons. The standard InChI is InChI=1S/C19H20F3N5O3S/c1-19(7-13(9-29-17(21)22)31-18(23)27-19)15-6-11(4-5-24-15)26-16(28)14-3-2-12(8-25-14)30-10-20/h2-6,8,13,17H,7,9-10H2,1H3,(H2,23,27)(H,24,26,28)/t13-,19-/m0/s1. The Hall–Kier alpha value is -2.86. The summed E-state index contributed by atoms with van der Waals surface area (Å²) in [5, 5.41) is 2.62. The predicted octanol–water partition coefficient (Wildman–Crippen LogP) is 3.31. The van der Waals surface area contributed by atoms with Gasteiger partial charge in [0, 0.05) is 17.1 Å². The molecule has 1 aliphatic rings. The fourth-order valence-electron chi connectivity index (χ4n) is 3.07. The van der Waals surface area contributed by atoms with E-state index < -0.39 is 24.9 Å². The van der Waals surface area contributed by atoms with Crippen molar-refractivity contribution in [2.45, 2.75) is 30.7 Å². The van der Waals surface area contributed by atoms with Crippen LogP contribution < -0.4 is 15.8 Å². The van der Waals surface area contributed by atoms with Crippen LogP contribution in [0.1, 0.15) is 29.5 Å². The Morgan fingerprint density at radius 2 is 2.19 bits per heavy atom. The van der Waals surface area contributed by atoms with Gasteiger partial charge in [0.05, 0.1) is 18.5 Å². The van der Waals surface area contributed by atoms with E-state index in [4.69, 9.17) is 5.73 Å². The fraction of sp³-hybridized carbons (Fsp3) is 0.368. The van der Waals surface area contributed by atoms with Crippen molar-refractivity contribution in [2.75, 3.05) is 18.8 Å². The van der Waals surface area contributed by atoms with Crippen molar-refractivity contribution in [3.63, 3.8) is 0 Å². The number of anilines is 1. The second-order valence-electron chi connectivity index (χ2n) is 6.78. The summed E-state index contributed by atoms with van der Waals surface area (Å²) in [5.74, 6) is -0.284. The molecule has 1 amide bonds. The van der Waals surface area contributed by atoms with E-state index in [0.717, 1.165) is 0 Å². The molecule has 0 saturated heterocycles. The summed E-state index contributed by atoms with van der Waals surface area (Å²) in [6, 6.07) is 6.06. The number of amidine groups is 1. The number of alkyl halides is 3. The van der Waals surface area contributed by atoms with Gasteiger partial charge in [-0.05, 0) is 37.6 Å². The molecule has 2 atom stereocenters. The van der Waals surface area contributed by atoms with Gasteiger partial charge in [0.15, 0.2) is 5.17 Å². The summed E-state index contributed by atoms with van der Waals surface area (Å²) in [6.07, 6.45) is 3.11. The van der Waals surface area contributed by atoms with Crippen LogP contribution in [0.5, 0.6) is 5.75 Å². The number of nitrogens with zero attached hydrogens (tertiary/aromatic N) is 3. The van der Waals surface area contributed by atoms with Gasteiger partial charge in [-0.25, -0.2) is 14.4 Å². The van der Waals surface area contributed by atoms with Crippen LogP contribution in [0, 0.1) is 0 Å². The Morgan fingerprint density at radius 3 is 2.87 bits per heavy atom. The minimum Gasteiger partial charge on any atom is -0.461 e. The molecule has 31 heavy (non-hydrogen) atoms. The number of carbonyl (C=O) groups is 1. The predicted molar refractivity (Wildman–Crippen MR) is 110 cm³/mol. The van der Waals surface area contributed by atoms with Crippen LogP contribution in [-0.4, -0.2) is 46.4 Å². The molecule has 0 unspecified atom stereocenters. The van der Waals surface area contributed by atoms with Gasteiger partial charge in [0.25, 0.3) is 5.91 Å². The van der Waals surface area contributed by atoms with E-state index in [0.29, 0.717) is 17.8 Å². The molecule has 0 saturated carbocycles. The van der Waals surface area contributed by atoms with E-state index in [-0.39, 0.29) is 28.5 Å². The molecular formula is C19H20F3N5O3S. The molecule has 0 bridgehead atoms. The van der Waals surface area contributed by atoms with Crippen molar-refractivity contribution in [1.29, 1.82) is 0 Å². The normalized spacial score (nSPS) is 20.9. The van der Waals surface area contributed by atoms with E-state index in [2.05, 4.69) is 29.8 Å². The van der Waals surface area contributed by atoms with Crippen molar-refractivity contribution >= 4 is 28.5 Å². The first-order chi connectivity index (χ1) is 14.8. The van der Waals surface area contributed by atoms with E-state index in [1.54, 1.807) is 19.1 Å². The average molecular weight is 455 g/mol. The van der Waals surface area contributed by atoms with Crippen LogP contribution in [0.25, 0.3) is 0 Å². The Balaban J connectivity index is 1.74. The number of aliphatic imine (C=N–C) groups is 1. The van der Waals surface area contributed by atoms with Crippen LogP contribution in [0.2, 0.25) is 0 Å². The summed E-state index contributed by atoms with van der Waals surface area (Å²) in [5.41, 5.74) is 6.08. The van der Waals surface area contributed by atoms with Crippen LogP contribution in [0.15, 0.2) is 41.7 Å². The zero-order valence-electron chi connectivity index (χ0n) is 16.4. The largest absolute Gasteiger partial charge is 0.461 e. The molecule has 2 aromatic heterocycles. The number of rotatable bonds is 8. The molecular weight excluding hydrogens is 435 g/mol. The summed E-state index contributed by atoms with van der Waals surface area (Å²) < 4.78 is 46.1. The number of nitrogens with two attached hydrogens (primary N) is 1. The van der Waals surface area contributed by atoms with Gasteiger partial charge in [0.2, 0.25) is 6.86 Å². The topological polar surface area (TPSA) is 112 Å². The van der Waals surface area contributed by atoms with E-state index >= 15 is 0 Å². The maximum absolute atomic E-state index is 12.5. The Labute approximate surface area is 180 Å². The monoisotopic (exact) mass is 455 g/mol. The second kappa shape index (κ2) is 9.96. The fourth-order valence-corrected chi connectivity index (χ4v) is 4.22. The van der Waals surface area contributed by atoms with Gasteiger partial charge in [-0.1, -0.05) is 11.8 Å². The lowest BCUT2D eigenvalue weighted by atomic mass is 9.91. The molecule has 0 spiro atoms. The Kier molecular flexibility index (Phi) is 7.33. The summed E-state index contributed by atoms with van der Waals surface area (Å²) >= 11 is 1.17. The van der Waals surface area contributed by atoms with Crippen molar-refractivity contribution in [3.05, 3.63) is 48.0 Å². The third-order valence-corrected chi connectivity index (χ3v) is 5.41. The molecule has 2 aromatic rings. The van der Waals surface area contributed by atoms with Gasteiger partial charge in [-0.15, -0.1) is 0 Å². The van der Waals surface area contributed by atoms with Gasteiger partial charge in [0.1, 0.15) is 17.0 Å². The van der Waals surface area contributed by atoms with Crippen LogP contribution in [0.4, 0.5) is 18.9 Å². The van der Waals surface area contributed by atoms with Crippen molar-refractivity contribution in [3.8, 4) is 5.75 Å². The van der Waals surface area contributed by atoms with E-state index in [1.165, 1.54) is 36.3 Å². The molecule has 3 rings (SSSR count). The van der Waals surface area contributed by atoms with Crippen LogP contribution >= 0.6 is 11.8 Å². The zero-order valence-corrected chi connectivity index (χ0v) is 17.2. The van der Waals surface area contributed by atoms with E-state index in [1.807, 2.05) is 0 Å². The summed E-state index contributed by atoms with van der Waals surface area (Å²) in [6.45, 7) is -2.26. The molecule has 3 heterocycles. The van der Waals surface area contributed by atoms with E-state index in [9.17, 15) is 18.0 Å². The van der Waals surface area contributed by atoms with Crippen LogP contribution in [0.3, 0.4) is 0 Å². The number of ether oxygens (including phenoxy) is 2. The Morgan fingerprint density at radius 1 is 1.39 bits per heavy atom. The highest BCUT2D eigenvalue weighted by Gasteiger charge is 2.36. The molecule has 0 fully saturated rings. The number of aromatic nitrogens is 2. The maximum atomic E-state index is 12.5. The zero-order chi connectivity index (χ0) is 22.4. The molecule has 0 aliphatic carbocycles. The molecule has 3 N–H and O–H groups in total. The highest BCUT2D eigenvalue weighted by Crippen LogP contribution is 2.38. The van der Waals surface area contributed by atoms with Gasteiger partial charge >= 0.3 is 6.61 Å². The lowest BCUT2D eigenvalue weighted by Crippen LogP contribution is -2.36. The first kappa shape index (κ1) is 22.8. The first-order valence-corrected chi connectivity index (χ1v) is 10.0. The smallest absolute Gasteiger partial charge is 0.345 e. The molecule has 12 heteroatoms. The molecule has 166 valence electrons. The average Bonchev–Trinajstić information content (AvgIpc) is 2.73. The highest BCUT2D eigenvalue weighted by molar-refractivity contribution is 8.14. The minimum absolute atomic E-state index is 0.108. The van der Waals surface area contributed by atoms with Crippen molar-refractivity contribution in [2.24, 2.45) is 10.7 Å². The van der Waals surface area contributed by atoms with Crippen molar-refractivity contribution < 1.29 is 27.4 Å². The maximum Gasteiger partial charge on any atom is 0.345 e. The quantitative estimate of drug-likeness (QED) is 0.628. The molecule has 1 aliphatic heterocycles. The number of hydrogen-bond donors (Lipinski definition) is 2. The Bertz CT molecular complexity index is 948. The number of amides is 1. The lowest BCUT2D eigenvalue weighted by Gasteiger charge is -2.33. The number of pyridine rings is 2. The molecule has 8 nitrogen and oxygen atoms in total. The van der Waals surface area contributed by atoms with Gasteiger partial charge in [-0.3, -0.25) is 9.78 Å². The first-order valence-electron chi connectivity index (χ1n) is 9.13. The summed E-state index contributed by atoms with van der Waals surface area (Å²) in [7, 11) is 0. The SMILES string of the molecule is C[C@@]1(c2cc(NC(=O)c3ccc(OCF)cn3)ccn2)C[C@@H](COC(F)F)SC(N)=N1. The highest BCUT2D eigenvalue weighted by atomic mass is 32.2. The number of thioether (sulfide) groups is 1. The number of carbonyl (C=O) groups excluding carboxylic acids is 1. The molecule has 0 aromatic carbocycles. The third-order valence-electron chi connectivity index (χ3n) is 4.44. The summed E-state index contributed by atoms with van der Waals surface area (Å²) in [4.78, 5) is 25.2. The van der Waals surface area contributed by atoms with Gasteiger partial charge in [-0.2, -0.15) is 8.78 Å². The number of halogens is 3. The number of nitrogens with one attached hydrogen (secondary N) is 1. The minimum atomic E-state index is -2.87. The third kappa shape index (κ3) is 6.07.